The molecule has 1 N–H and O–H groups in total. The highest BCUT2D eigenvalue weighted by molar-refractivity contribution is 7.89. The third-order valence-corrected chi connectivity index (χ3v) is 7.21. The van der Waals surface area contributed by atoms with E-state index in [0.717, 1.165) is 22.4 Å². The van der Waals surface area contributed by atoms with Crippen LogP contribution in [0.4, 0.5) is 5.69 Å². The molecule has 1 aliphatic heterocycles. The number of hydrogen-bond acceptors (Lipinski definition) is 6. The lowest BCUT2D eigenvalue weighted by Gasteiger charge is -2.26. The van der Waals surface area contributed by atoms with Crippen LogP contribution in [0.3, 0.4) is 0 Å². The Kier molecular flexibility index (Phi) is 7.89. The van der Waals surface area contributed by atoms with Gasteiger partial charge in [0.25, 0.3) is 0 Å². The first-order chi connectivity index (χ1) is 15.2. The Morgan fingerprint density at radius 2 is 1.81 bits per heavy atom. The fraction of sp³-hybridized carbons (Fsp3) is 0.435. The lowest BCUT2D eigenvalue weighted by molar-refractivity contribution is -0.117. The van der Waals surface area contributed by atoms with Gasteiger partial charge in [-0.15, -0.1) is 0 Å². The van der Waals surface area contributed by atoms with E-state index in [1.54, 1.807) is 25.3 Å². The molecule has 174 valence electrons. The third kappa shape index (κ3) is 5.86. The number of nitrogens with one attached hydrogen (secondary N) is 1. The molecule has 1 fully saturated rings. The number of carbonyl (C=O) groups excluding carboxylic acids is 1. The van der Waals surface area contributed by atoms with Crippen molar-refractivity contribution in [2.45, 2.75) is 25.3 Å². The molecule has 0 aliphatic carbocycles. The molecule has 2 aromatic rings. The molecule has 1 saturated heterocycles. The first-order valence-corrected chi connectivity index (χ1v) is 11.9. The van der Waals surface area contributed by atoms with Crippen LogP contribution in [0.2, 0.25) is 0 Å². The number of sulfonamides is 1. The van der Waals surface area contributed by atoms with Gasteiger partial charge >= 0.3 is 0 Å². The molecular formula is C23H31N3O5S. The van der Waals surface area contributed by atoms with E-state index in [0.29, 0.717) is 38.5 Å². The number of amides is 1. The van der Waals surface area contributed by atoms with Gasteiger partial charge in [-0.25, -0.2) is 8.42 Å². The summed E-state index contributed by atoms with van der Waals surface area (Å²) in [5.41, 5.74) is 3.65. The summed E-state index contributed by atoms with van der Waals surface area (Å²) in [5.74, 6) is 0.663. The number of hydrogen-bond donors (Lipinski definition) is 1. The Labute approximate surface area is 190 Å². The summed E-state index contributed by atoms with van der Waals surface area (Å²) in [7, 11) is -0.0885. The molecule has 0 aromatic heterocycles. The van der Waals surface area contributed by atoms with Crippen molar-refractivity contribution < 1.29 is 22.7 Å². The number of ether oxygens (including phenoxy) is 2. The van der Waals surface area contributed by atoms with E-state index in [1.165, 1.54) is 10.4 Å². The van der Waals surface area contributed by atoms with Gasteiger partial charge in [-0.3, -0.25) is 9.69 Å². The largest absolute Gasteiger partial charge is 0.496 e. The molecule has 1 heterocycles. The van der Waals surface area contributed by atoms with Gasteiger partial charge in [0.15, 0.2) is 0 Å². The predicted octanol–water partition coefficient (Wildman–Crippen LogP) is 2.40. The number of anilines is 1. The highest BCUT2D eigenvalue weighted by Crippen LogP contribution is 2.25. The minimum Gasteiger partial charge on any atom is -0.496 e. The first kappa shape index (κ1) is 24.2. The maximum absolute atomic E-state index is 12.8. The maximum Gasteiger partial charge on any atom is 0.243 e. The molecular weight excluding hydrogens is 430 g/mol. The zero-order valence-corrected chi connectivity index (χ0v) is 19.9. The van der Waals surface area contributed by atoms with Crippen LogP contribution < -0.4 is 10.1 Å². The Hall–Kier alpha value is -2.46. The minimum atomic E-state index is -3.62. The standard InChI is InChI=1S/C23H31N3O5S/c1-17-12-19(13-18(2)23(17)30-4)15-25(3)16-22(27)24-20-6-5-7-21(14-20)32(28,29)26-8-10-31-11-9-26/h5-7,12-14H,8-11,15-16H2,1-4H3,(H,24,27). The van der Waals surface area contributed by atoms with Gasteiger partial charge < -0.3 is 14.8 Å². The molecule has 0 spiro atoms. The summed E-state index contributed by atoms with van der Waals surface area (Å²) in [5, 5.41) is 2.81. The van der Waals surface area contributed by atoms with Crippen molar-refractivity contribution in [1.29, 1.82) is 0 Å². The van der Waals surface area contributed by atoms with Crippen LogP contribution in [0.5, 0.6) is 5.75 Å². The highest BCUT2D eigenvalue weighted by atomic mass is 32.2. The lowest BCUT2D eigenvalue weighted by Crippen LogP contribution is -2.40. The molecule has 3 rings (SSSR count). The van der Waals surface area contributed by atoms with E-state index in [4.69, 9.17) is 9.47 Å². The zero-order chi connectivity index (χ0) is 23.3. The number of likely N-dealkylation sites (N-methyl/N-ethyl adjacent to an activating group) is 1. The van der Waals surface area contributed by atoms with E-state index in [-0.39, 0.29) is 17.3 Å². The number of benzene rings is 2. The van der Waals surface area contributed by atoms with Crippen molar-refractivity contribution in [1.82, 2.24) is 9.21 Å². The highest BCUT2D eigenvalue weighted by Gasteiger charge is 2.26. The molecule has 2 aromatic carbocycles. The van der Waals surface area contributed by atoms with Crippen molar-refractivity contribution in [3.63, 3.8) is 0 Å². The number of carbonyl (C=O) groups is 1. The van der Waals surface area contributed by atoms with Gasteiger partial charge in [-0.05, 0) is 55.8 Å². The van der Waals surface area contributed by atoms with Crippen LogP contribution in [0.25, 0.3) is 0 Å². The average molecular weight is 462 g/mol. The third-order valence-electron chi connectivity index (χ3n) is 5.32. The van der Waals surface area contributed by atoms with Crippen LogP contribution in [0.1, 0.15) is 16.7 Å². The summed E-state index contributed by atoms with van der Waals surface area (Å²) in [6.45, 7) is 6.20. The van der Waals surface area contributed by atoms with Crippen molar-refractivity contribution in [3.8, 4) is 5.75 Å². The van der Waals surface area contributed by atoms with Crippen molar-refractivity contribution in [3.05, 3.63) is 53.1 Å². The predicted molar refractivity (Wildman–Crippen MR) is 123 cm³/mol. The van der Waals surface area contributed by atoms with Crippen LogP contribution in [0.15, 0.2) is 41.3 Å². The van der Waals surface area contributed by atoms with E-state index < -0.39 is 10.0 Å². The number of methoxy groups -OCH3 is 1. The summed E-state index contributed by atoms with van der Waals surface area (Å²) < 4.78 is 37.7. The number of rotatable bonds is 8. The fourth-order valence-corrected chi connectivity index (χ4v) is 5.39. The first-order valence-electron chi connectivity index (χ1n) is 10.5. The smallest absolute Gasteiger partial charge is 0.243 e. The van der Waals surface area contributed by atoms with Gasteiger partial charge in [0.05, 0.1) is 31.8 Å². The van der Waals surface area contributed by atoms with Gasteiger partial charge in [0.1, 0.15) is 5.75 Å². The normalized spacial score (nSPS) is 15.0. The van der Waals surface area contributed by atoms with Crippen molar-refractivity contribution in [2.24, 2.45) is 0 Å². The summed E-state index contributed by atoms with van der Waals surface area (Å²) in [6.07, 6.45) is 0. The van der Waals surface area contributed by atoms with Gasteiger partial charge in [0, 0.05) is 25.3 Å². The van der Waals surface area contributed by atoms with Crippen LogP contribution >= 0.6 is 0 Å². The number of aryl methyl sites for hydroxylation is 2. The van der Waals surface area contributed by atoms with E-state index >= 15 is 0 Å². The van der Waals surface area contributed by atoms with E-state index in [1.807, 2.05) is 25.8 Å². The zero-order valence-electron chi connectivity index (χ0n) is 19.1. The summed E-state index contributed by atoms with van der Waals surface area (Å²) in [6, 6.07) is 10.5. The SMILES string of the molecule is COc1c(C)cc(CN(C)CC(=O)Nc2cccc(S(=O)(=O)N3CCOCC3)c2)cc1C. The molecule has 1 aliphatic rings. The second kappa shape index (κ2) is 10.4. The molecule has 0 atom stereocenters. The van der Waals surface area contributed by atoms with E-state index in [2.05, 4.69) is 17.4 Å². The molecule has 1 amide bonds. The molecule has 32 heavy (non-hydrogen) atoms. The molecule has 8 nitrogen and oxygen atoms in total. The fourth-order valence-electron chi connectivity index (χ4n) is 3.94. The molecule has 9 heteroatoms. The van der Waals surface area contributed by atoms with Crippen LogP contribution in [0, 0.1) is 13.8 Å². The summed E-state index contributed by atoms with van der Waals surface area (Å²) in [4.78, 5) is 14.6. The van der Waals surface area contributed by atoms with E-state index in [9.17, 15) is 13.2 Å². The topological polar surface area (TPSA) is 88.2 Å². The van der Waals surface area contributed by atoms with Crippen LogP contribution in [-0.2, 0) is 26.1 Å². The Morgan fingerprint density at radius 1 is 1.16 bits per heavy atom. The Morgan fingerprint density at radius 3 is 2.44 bits per heavy atom. The monoisotopic (exact) mass is 461 g/mol. The van der Waals surface area contributed by atoms with Gasteiger partial charge in [0.2, 0.25) is 15.9 Å². The maximum atomic E-state index is 12.8. The average Bonchev–Trinajstić information content (AvgIpc) is 2.74. The van der Waals surface area contributed by atoms with Crippen molar-refractivity contribution in [2.75, 3.05) is 52.3 Å². The lowest BCUT2D eigenvalue weighted by atomic mass is 10.1. The Balaban J connectivity index is 1.62. The second-order valence-electron chi connectivity index (χ2n) is 8.03. The number of morpholine rings is 1. The number of nitrogens with zero attached hydrogens (tertiary/aromatic N) is 2. The van der Waals surface area contributed by atoms with Gasteiger partial charge in [-0.2, -0.15) is 4.31 Å². The second-order valence-corrected chi connectivity index (χ2v) is 9.97. The molecule has 0 radical (unpaired) electrons. The molecule has 0 saturated carbocycles. The van der Waals surface area contributed by atoms with Crippen LogP contribution in [-0.4, -0.2) is 70.5 Å². The quantitative estimate of drug-likeness (QED) is 0.650. The molecule has 0 unspecified atom stereocenters. The molecule has 0 bridgehead atoms. The van der Waals surface area contributed by atoms with Gasteiger partial charge in [-0.1, -0.05) is 18.2 Å². The summed E-state index contributed by atoms with van der Waals surface area (Å²) >= 11 is 0. The Bertz CT molecular complexity index is 1040. The minimum absolute atomic E-state index is 0.162. The van der Waals surface area contributed by atoms with Crippen molar-refractivity contribution >= 4 is 21.6 Å².